The predicted molar refractivity (Wildman–Crippen MR) is 205 cm³/mol. The molecule has 18 heteroatoms. The van der Waals surface area contributed by atoms with Crippen molar-refractivity contribution in [3.05, 3.63) is 51.6 Å². The molecule has 0 amide bonds. The Morgan fingerprint density at radius 2 is 1.35 bits per heavy atom. The topological polar surface area (TPSA) is 261 Å². The number of aromatic hydroxyl groups is 3. The molecule has 0 unspecified atom stereocenters. The van der Waals surface area contributed by atoms with Crippen molar-refractivity contribution in [1.82, 2.24) is 4.90 Å². The van der Waals surface area contributed by atoms with Crippen molar-refractivity contribution in [2.24, 2.45) is 0 Å². The van der Waals surface area contributed by atoms with E-state index in [1.165, 1.54) is 6.07 Å². The first-order valence-corrected chi connectivity index (χ1v) is 20.3. The molecule has 330 valence electrons. The molecule has 60 heavy (non-hydrogen) atoms. The molecule has 7 rings (SSSR count). The molecular weight excluding hydrogens is 790 g/mol. The van der Waals surface area contributed by atoms with Gasteiger partial charge in [-0.1, -0.05) is 6.92 Å². The van der Waals surface area contributed by atoms with Gasteiger partial charge in [0.05, 0.1) is 66.0 Å². The summed E-state index contributed by atoms with van der Waals surface area (Å²) < 4.78 is 42.5. The van der Waals surface area contributed by atoms with E-state index in [0.717, 1.165) is 19.2 Å². The molecule has 0 radical (unpaired) electrons. The number of phenols is 3. The molecule has 0 saturated carbocycles. The average Bonchev–Trinajstić information content (AvgIpc) is 3.18. The van der Waals surface area contributed by atoms with Crippen LogP contribution in [0.2, 0.25) is 0 Å². The van der Waals surface area contributed by atoms with Gasteiger partial charge in [-0.2, -0.15) is 0 Å². The number of carbonyl (C=O) groups excluding carboxylic acids is 3. The number of esters is 1. The van der Waals surface area contributed by atoms with Crippen LogP contribution in [0.1, 0.15) is 115 Å². The highest BCUT2D eigenvalue weighted by Gasteiger charge is 2.54. The lowest BCUT2D eigenvalue weighted by Gasteiger charge is -2.48. The monoisotopic (exact) mass is 845 g/mol. The first kappa shape index (κ1) is 44.3. The number of hydrogen-bond donors (Lipinski definition) is 7. The molecule has 2 aromatic carbocycles. The van der Waals surface area contributed by atoms with E-state index in [-0.39, 0.29) is 54.8 Å². The molecule has 3 saturated heterocycles. The van der Waals surface area contributed by atoms with Gasteiger partial charge in [-0.05, 0) is 65.0 Å². The molecule has 15 atom stereocenters. The first-order valence-electron chi connectivity index (χ1n) is 20.3. The van der Waals surface area contributed by atoms with E-state index < -0.39 is 137 Å². The van der Waals surface area contributed by atoms with Gasteiger partial charge in [0.15, 0.2) is 24.7 Å². The van der Waals surface area contributed by atoms with Crippen LogP contribution in [-0.2, 0) is 38.0 Å². The summed E-state index contributed by atoms with van der Waals surface area (Å²) in [4.78, 5) is 43.2. The van der Waals surface area contributed by atoms with Gasteiger partial charge in [-0.25, -0.2) is 0 Å². The number of ketones is 2. The fourth-order valence-electron chi connectivity index (χ4n) is 9.51. The van der Waals surface area contributed by atoms with Crippen LogP contribution >= 0.6 is 0 Å². The standard InChI is InChI=1S/C42H55NO17/c1-8-42(53)15-26(30-19(34(42)41(52)54-7)11-20-31(37(30)50)38(51)33-23(45)10-9-22(44)32(33)36(20)49)58-27-12-21(43(5)6)39(17(3)56-27)59-29-14-25(47)40(18(4)57-29)60-28-13-24(46)35(48)16(2)55-28/h9-11,16-18,21,24-29,34-35,39-40,44-48,50,53H,8,12-15H2,1-7H3/t16-,17-,18-,21-,24-,25-,26-,27+,28-,29-,34-,35+,39+,40+,42+/m0/s1. The summed E-state index contributed by atoms with van der Waals surface area (Å²) >= 11 is 0. The first-order chi connectivity index (χ1) is 28.3. The van der Waals surface area contributed by atoms with Gasteiger partial charge >= 0.3 is 5.97 Å². The normalized spacial score (nSPS) is 37.9. The summed E-state index contributed by atoms with van der Waals surface area (Å²) in [6.07, 6.45) is -10.5. The molecule has 3 fully saturated rings. The van der Waals surface area contributed by atoms with Crippen molar-refractivity contribution in [3.8, 4) is 17.2 Å². The largest absolute Gasteiger partial charge is 0.507 e. The van der Waals surface area contributed by atoms with E-state index >= 15 is 0 Å². The summed E-state index contributed by atoms with van der Waals surface area (Å²) in [5.41, 5.74) is -3.64. The summed E-state index contributed by atoms with van der Waals surface area (Å²) in [6, 6.07) is 2.97. The zero-order valence-electron chi connectivity index (χ0n) is 34.5. The molecule has 7 N–H and O–H groups in total. The molecule has 5 aliphatic rings. The Hall–Kier alpha value is -3.79. The molecule has 0 bridgehead atoms. The minimum Gasteiger partial charge on any atom is -0.507 e. The number of ether oxygens (including phenoxy) is 7. The van der Waals surface area contributed by atoms with Gasteiger partial charge in [-0.15, -0.1) is 0 Å². The van der Waals surface area contributed by atoms with E-state index in [4.69, 9.17) is 33.2 Å². The van der Waals surface area contributed by atoms with Gasteiger partial charge in [-0.3, -0.25) is 14.4 Å². The van der Waals surface area contributed by atoms with Gasteiger partial charge in [0.1, 0.15) is 41.5 Å². The Labute approximate surface area is 346 Å². The molecule has 3 aliphatic heterocycles. The summed E-state index contributed by atoms with van der Waals surface area (Å²) in [6.45, 7) is 6.77. The van der Waals surface area contributed by atoms with Crippen LogP contribution in [0.3, 0.4) is 0 Å². The number of likely N-dealkylation sites (N-methyl/N-ethyl adjacent to an activating group) is 1. The van der Waals surface area contributed by atoms with Gasteiger partial charge < -0.3 is 73.8 Å². The van der Waals surface area contributed by atoms with Crippen molar-refractivity contribution >= 4 is 17.5 Å². The number of aliphatic hydroxyl groups is 4. The molecule has 2 aromatic rings. The van der Waals surface area contributed by atoms with Crippen molar-refractivity contribution < 1.29 is 83.3 Å². The number of hydrogen-bond acceptors (Lipinski definition) is 18. The second kappa shape index (κ2) is 16.8. The number of benzene rings is 2. The fraction of sp³-hybridized carbons (Fsp3) is 0.643. The number of phenolic OH excluding ortho intramolecular Hbond substituents is 3. The minimum absolute atomic E-state index is 0.0140. The molecule has 3 heterocycles. The molecule has 0 spiro atoms. The van der Waals surface area contributed by atoms with Gasteiger partial charge in [0, 0.05) is 42.9 Å². The van der Waals surface area contributed by atoms with E-state index in [1.54, 1.807) is 27.7 Å². The minimum atomic E-state index is -1.82. The maximum atomic E-state index is 14.0. The highest BCUT2D eigenvalue weighted by molar-refractivity contribution is 6.31. The maximum Gasteiger partial charge on any atom is 0.316 e. The van der Waals surface area contributed by atoms with E-state index in [0.29, 0.717) is 0 Å². The lowest BCUT2D eigenvalue weighted by Crippen LogP contribution is -2.58. The summed E-state index contributed by atoms with van der Waals surface area (Å²) in [5.74, 6) is -5.94. The summed E-state index contributed by atoms with van der Waals surface area (Å²) in [5, 5.41) is 76.8. The molecule has 18 nitrogen and oxygen atoms in total. The Kier molecular flexibility index (Phi) is 12.4. The Balaban J connectivity index is 1.14. The number of nitrogens with zero attached hydrogens (tertiary/aromatic N) is 1. The van der Waals surface area contributed by atoms with Crippen molar-refractivity contribution in [3.63, 3.8) is 0 Å². The third-order valence-electron chi connectivity index (χ3n) is 12.8. The Bertz CT molecular complexity index is 1970. The maximum absolute atomic E-state index is 14.0. The second-order valence-electron chi connectivity index (χ2n) is 16.8. The lowest BCUT2D eigenvalue weighted by atomic mass is 9.67. The Morgan fingerprint density at radius 1 is 0.800 bits per heavy atom. The van der Waals surface area contributed by atoms with Crippen LogP contribution in [-0.4, -0.2) is 159 Å². The lowest BCUT2D eigenvalue weighted by molar-refractivity contribution is -0.332. The third kappa shape index (κ3) is 7.70. The van der Waals surface area contributed by atoms with Crippen molar-refractivity contribution in [1.29, 1.82) is 0 Å². The molecule has 2 aliphatic carbocycles. The second-order valence-corrected chi connectivity index (χ2v) is 16.8. The number of fused-ring (bicyclic) bond motifs is 3. The highest BCUT2D eigenvalue weighted by atomic mass is 16.7. The smallest absolute Gasteiger partial charge is 0.316 e. The summed E-state index contributed by atoms with van der Waals surface area (Å²) in [7, 11) is 4.82. The Morgan fingerprint density at radius 3 is 1.92 bits per heavy atom. The molecule has 0 aromatic heterocycles. The van der Waals surface area contributed by atoms with Gasteiger partial charge in [0.25, 0.3) is 0 Å². The predicted octanol–water partition coefficient (Wildman–Crippen LogP) is 1.63. The SMILES string of the molecule is CC[C@@]1(O)C[C@H](O[C@@H]2C[C@H](N(C)C)[C@H](O[C@H]3C[C@H](O)[C@H](O[C@H]4C[C@H](O)[C@H](O)[C@H](C)O4)[C@H](C)O3)[C@H](C)O2)c2c(cc3c(c2O)C(=O)c2c(O)ccc(O)c2C3=O)[C@H]1C(=O)OC. The average molecular weight is 846 g/mol. The van der Waals surface area contributed by atoms with Crippen molar-refractivity contribution in [2.45, 2.75) is 151 Å². The zero-order chi connectivity index (χ0) is 43.7. The molecular formula is C42H55NO17. The van der Waals surface area contributed by atoms with Crippen LogP contribution in [0.25, 0.3) is 0 Å². The highest BCUT2D eigenvalue weighted by Crippen LogP contribution is 2.54. The van der Waals surface area contributed by atoms with E-state index in [2.05, 4.69) is 0 Å². The van der Waals surface area contributed by atoms with Crippen molar-refractivity contribution in [2.75, 3.05) is 21.2 Å². The third-order valence-corrected chi connectivity index (χ3v) is 12.8. The van der Waals surface area contributed by atoms with Crippen LogP contribution in [0.4, 0.5) is 0 Å². The number of methoxy groups -OCH3 is 1. The van der Waals surface area contributed by atoms with E-state index in [1.807, 2.05) is 19.0 Å². The fourth-order valence-corrected chi connectivity index (χ4v) is 9.51. The quantitative estimate of drug-likeness (QED) is 0.119. The van der Waals surface area contributed by atoms with E-state index in [9.17, 15) is 50.1 Å². The van der Waals surface area contributed by atoms with Crippen LogP contribution in [0, 0.1) is 0 Å². The van der Waals surface area contributed by atoms with Crippen LogP contribution < -0.4 is 0 Å². The zero-order valence-corrected chi connectivity index (χ0v) is 34.5. The number of aliphatic hydroxyl groups excluding tert-OH is 3. The van der Waals surface area contributed by atoms with Crippen LogP contribution in [0.15, 0.2) is 18.2 Å². The van der Waals surface area contributed by atoms with Crippen LogP contribution in [0.5, 0.6) is 17.2 Å². The number of rotatable bonds is 9. The number of carbonyl (C=O) groups is 3. The van der Waals surface area contributed by atoms with Gasteiger partial charge in [0.2, 0.25) is 5.78 Å².